The van der Waals surface area contributed by atoms with E-state index in [2.05, 4.69) is 17.9 Å². The number of ether oxygens (including phenoxy) is 2. The molecule has 0 spiro atoms. The molecule has 1 saturated heterocycles. The van der Waals surface area contributed by atoms with Crippen molar-refractivity contribution in [2.75, 3.05) is 20.3 Å². The van der Waals surface area contributed by atoms with E-state index in [0.29, 0.717) is 23.0 Å². The average molecular weight is 543 g/mol. The van der Waals surface area contributed by atoms with Gasteiger partial charge < -0.3 is 9.47 Å². The van der Waals surface area contributed by atoms with Crippen LogP contribution < -0.4 is 9.47 Å². The van der Waals surface area contributed by atoms with Gasteiger partial charge >= 0.3 is 0 Å². The highest BCUT2D eigenvalue weighted by Gasteiger charge is 2.34. The maximum atomic E-state index is 13.1. The van der Waals surface area contributed by atoms with Crippen LogP contribution in [0.5, 0.6) is 11.5 Å². The lowest BCUT2D eigenvalue weighted by atomic mass is 10.1. The van der Waals surface area contributed by atoms with Crippen LogP contribution in [0.4, 0.5) is 0 Å². The SMILES string of the molecule is C=CCN1C(=O)/C(=C/c2ccc(OCCCCCCC)c(OC)c2)SC1=NS(=O)(=O)c1ccc(C)cc1. The molecule has 1 aliphatic rings. The Kier molecular flexibility index (Phi) is 10.4. The van der Waals surface area contributed by atoms with E-state index in [1.165, 1.54) is 42.4 Å². The van der Waals surface area contributed by atoms with Crippen molar-refractivity contribution >= 4 is 38.9 Å². The summed E-state index contributed by atoms with van der Waals surface area (Å²) in [5.41, 5.74) is 1.67. The summed E-state index contributed by atoms with van der Waals surface area (Å²) in [6, 6.07) is 11.9. The van der Waals surface area contributed by atoms with Crippen LogP contribution in [0, 0.1) is 6.92 Å². The Morgan fingerprint density at radius 2 is 1.78 bits per heavy atom. The number of amides is 1. The zero-order chi connectivity index (χ0) is 26.8. The van der Waals surface area contributed by atoms with E-state index in [1.807, 2.05) is 19.1 Å². The fraction of sp³-hybridized carbons (Fsp3) is 0.357. The Morgan fingerprint density at radius 1 is 1.05 bits per heavy atom. The van der Waals surface area contributed by atoms with E-state index in [0.717, 1.165) is 35.7 Å². The standard InChI is InChI=1S/C28H34N2O5S2/c1-5-7-8-9-10-18-35-24-16-13-22(19-25(24)34-4)20-26-27(31)30(17-6-2)28(36-26)29-37(32,33)23-14-11-21(3)12-15-23/h6,11-16,19-20H,2,5,7-10,17-18H2,1,3-4H3/b26-20-,29-28?. The van der Waals surface area contributed by atoms with Crippen LogP contribution in [0.15, 0.2) is 69.3 Å². The van der Waals surface area contributed by atoms with Gasteiger partial charge in [-0.05, 0) is 61.0 Å². The summed E-state index contributed by atoms with van der Waals surface area (Å²) in [4.78, 5) is 14.8. The van der Waals surface area contributed by atoms with Gasteiger partial charge in [0.2, 0.25) is 0 Å². The normalized spacial score (nSPS) is 16.0. The van der Waals surface area contributed by atoms with E-state index >= 15 is 0 Å². The minimum absolute atomic E-state index is 0.0697. The molecule has 0 N–H and O–H groups in total. The van der Waals surface area contributed by atoms with Gasteiger partial charge in [0.15, 0.2) is 16.7 Å². The van der Waals surface area contributed by atoms with Crippen molar-refractivity contribution in [3.05, 3.63) is 71.2 Å². The topological polar surface area (TPSA) is 85.3 Å². The molecule has 198 valence electrons. The molecule has 0 aliphatic carbocycles. The number of hydrogen-bond acceptors (Lipinski definition) is 6. The Morgan fingerprint density at radius 3 is 2.46 bits per heavy atom. The van der Waals surface area contributed by atoms with Gasteiger partial charge in [-0.1, -0.05) is 62.4 Å². The van der Waals surface area contributed by atoms with Crippen LogP contribution >= 0.6 is 11.8 Å². The fourth-order valence-electron chi connectivity index (χ4n) is 3.66. The first-order chi connectivity index (χ1) is 17.8. The lowest BCUT2D eigenvalue weighted by Gasteiger charge is -2.12. The molecule has 1 fully saturated rings. The first-order valence-corrected chi connectivity index (χ1v) is 14.6. The molecule has 2 aromatic carbocycles. The molecule has 37 heavy (non-hydrogen) atoms. The number of nitrogens with zero attached hydrogens (tertiary/aromatic N) is 2. The van der Waals surface area contributed by atoms with E-state index in [9.17, 15) is 13.2 Å². The predicted octanol–water partition coefficient (Wildman–Crippen LogP) is 6.20. The Balaban J connectivity index is 1.80. The summed E-state index contributed by atoms with van der Waals surface area (Å²) in [5, 5.41) is 0.0896. The van der Waals surface area contributed by atoms with Gasteiger partial charge in [0.1, 0.15) is 0 Å². The molecule has 0 bridgehead atoms. The summed E-state index contributed by atoms with van der Waals surface area (Å²) in [6.45, 7) is 8.50. The van der Waals surface area contributed by atoms with Crippen LogP contribution in [-0.2, 0) is 14.8 Å². The summed E-state index contributed by atoms with van der Waals surface area (Å²) in [7, 11) is -2.42. The van der Waals surface area contributed by atoms with Crippen LogP contribution in [-0.4, -0.2) is 44.7 Å². The molecule has 1 heterocycles. The minimum atomic E-state index is -3.99. The van der Waals surface area contributed by atoms with Gasteiger partial charge in [-0.3, -0.25) is 9.69 Å². The van der Waals surface area contributed by atoms with Gasteiger partial charge in [0.25, 0.3) is 15.9 Å². The number of benzene rings is 2. The number of hydrogen-bond donors (Lipinski definition) is 0. The number of methoxy groups -OCH3 is 1. The predicted molar refractivity (Wildman–Crippen MR) is 151 cm³/mol. The molecule has 0 unspecified atom stereocenters. The van der Waals surface area contributed by atoms with Crippen molar-refractivity contribution < 1.29 is 22.7 Å². The molecule has 3 rings (SSSR count). The number of unbranched alkanes of at least 4 members (excludes halogenated alkanes) is 4. The molecule has 0 atom stereocenters. The number of carbonyl (C=O) groups excluding carboxylic acids is 1. The second kappa shape index (κ2) is 13.5. The Hall–Kier alpha value is -3.04. The highest BCUT2D eigenvalue weighted by atomic mass is 32.2. The monoisotopic (exact) mass is 542 g/mol. The quantitative estimate of drug-likeness (QED) is 0.170. The summed E-state index contributed by atoms with van der Waals surface area (Å²) in [5.74, 6) is 0.872. The molecule has 0 radical (unpaired) electrons. The van der Waals surface area contributed by atoms with Crippen molar-refractivity contribution in [2.24, 2.45) is 4.40 Å². The number of aryl methyl sites for hydroxylation is 1. The number of rotatable bonds is 13. The van der Waals surface area contributed by atoms with Crippen molar-refractivity contribution in [1.82, 2.24) is 4.90 Å². The molecule has 0 aromatic heterocycles. The molecule has 7 nitrogen and oxygen atoms in total. The lowest BCUT2D eigenvalue weighted by molar-refractivity contribution is -0.121. The molecular weight excluding hydrogens is 508 g/mol. The van der Waals surface area contributed by atoms with Gasteiger partial charge in [0, 0.05) is 6.54 Å². The summed E-state index contributed by atoms with van der Waals surface area (Å²) < 4.78 is 41.2. The van der Waals surface area contributed by atoms with Gasteiger partial charge in [-0.25, -0.2) is 0 Å². The van der Waals surface area contributed by atoms with Crippen LogP contribution in [0.3, 0.4) is 0 Å². The number of carbonyl (C=O) groups is 1. The minimum Gasteiger partial charge on any atom is -0.493 e. The third-order valence-corrected chi connectivity index (χ3v) is 8.11. The highest BCUT2D eigenvalue weighted by molar-refractivity contribution is 8.19. The van der Waals surface area contributed by atoms with Gasteiger partial charge in [-0.2, -0.15) is 8.42 Å². The second-order valence-electron chi connectivity index (χ2n) is 8.65. The van der Waals surface area contributed by atoms with E-state index < -0.39 is 10.0 Å². The Labute approximate surface area is 224 Å². The van der Waals surface area contributed by atoms with Crippen molar-refractivity contribution in [3.8, 4) is 11.5 Å². The largest absolute Gasteiger partial charge is 0.493 e. The van der Waals surface area contributed by atoms with E-state index in [4.69, 9.17) is 9.47 Å². The van der Waals surface area contributed by atoms with Crippen molar-refractivity contribution in [3.63, 3.8) is 0 Å². The van der Waals surface area contributed by atoms with Crippen LogP contribution in [0.2, 0.25) is 0 Å². The van der Waals surface area contributed by atoms with Crippen LogP contribution in [0.1, 0.15) is 50.2 Å². The molecule has 9 heteroatoms. The number of thioether (sulfide) groups is 1. The second-order valence-corrected chi connectivity index (χ2v) is 11.3. The van der Waals surface area contributed by atoms with Crippen LogP contribution in [0.25, 0.3) is 6.08 Å². The average Bonchev–Trinajstić information content (AvgIpc) is 3.15. The molecule has 2 aromatic rings. The van der Waals surface area contributed by atoms with E-state index in [1.54, 1.807) is 31.4 Å². The zero-order valence-electron chi connectivity index (χ0n) is 21.6. The maximum absolute atomic E-state index is 13.1. The molecular formula is C28H34N2O5S2. The number of sulfonamides is 1. The first kappa shape index (κ1) is 28.5. The third-order valence-electron chi connectivity index (χ3n) is 5.71. The van der Waals surface area contributed by atoms with Gasteiger partial charge in [-0.15, -0.1) is 11.0 Å². The lowest BCUT2D eigenvalue weighted by Crippen LogP contribution is -2.29. The zero-order valence-corrected chi connectivity index (χ0v) is 23.2. The van der Waals surface area contributed by atoms with Crippen molar-refractivity contribution in [1.29, 1.82) is 0 Å². The Bertz CT molecular complexity index is 1270. The molecule has 1 aliphatic heterocycles. The summed E-state index contributed by atoms with van der Waals surface area (Å²) in [6.07, 6.45) is 8.98. The third kappa shape index (κ3) is 7.72. The first-order valence-electron chi connectivity index (χ1n) is 12.3. The smallest absolute Gasteiger partial charge is 0.284 e. The maximum Gasteiger partial charge on any atom is 0.284 e. The van der Waals surface area contributed by atoms with E-state index in [-0.39, 0.29) is 22.5 Å². The number of amidine groups is 1. The van der Waals surface area contributed by atoms with Gasteiger partial charge in [0.05, 0.1) is 23.5 Å². The highest BCUT2D eigenvalue weighted by Crippen LogP contribution is 2.35. The summed E-state index contributed by atoms with van der Waals surface area (Å²) >= 11 is 1.02. The fourth-order valence-corrected chi connectivity index (χ4v) is 5.85. The van der Waals surface area contributed by atoms with Crippen molar-refractivity contribution in [2.45, 2.75) is 50.8 Å². The molecule has 0 saturated carbocycles. The molecule has 1 amide bonds.